The summed E-state index contributed by atoms with van der Waals surface area (Å²) in [7, 11) is 0. The third kappa shape index (κ3) is 46.0. The zero-order valence-corrected chi connectivity index (χ0v) is 50.0. The molecule has 0 aliphatic carbocycles. The van der Waals surface area contributed by atoms with Crippen molar-refractivity contribution in [3.8, 4) is 0 Å². The normalized spacial score (nSPS) is 19.2. The largest absolute Gasteiger partial charge is 0.394 e. The van der Waals surface area contributed by atoms with Crippen molar-refractivity contribution < 1.29 is 39.8 Å². The van der Waals surface area contributed by atoms with Gasteiger partial charge in [0.05, 0.1) is 25.4 Å². The van der Waals surface area contributed by atoms with E-state index < -0.39 is 49.5 Å². The molecular weight excluding hydrogens is 959 g/mol. The minimum absolute atomic E-state index is 0.183. The number of carbonyl (C=O) groups is 1. The second kappa shape index (κ2) is 56.9. The molecule has 0 aromatic heterocycles. The van der Waals surface area contributed by atoms with Crippen molar-refractivity contribution >= 4 is 5.91 Å². The summed E-state index contributed by atoms with van der Waals surface area (Å²) in [6.07, 6.45) is 73.0. The van der Waals surface area contributed by atoms with Crippen LogP contribution in [-0.2, 0) is 14.3 Å². The third-order valence-electron chi connectivity index (χ3n) is 15.3. The van der Waals surface area contributed by atoms with E-state index in [-0.39, 0.29) is 12.5 Å². The van der Waals surface area contributed by atoms with Crippen LogP contribution < -0.4 is 5.32 Å². The van der Waals surface area contributed by atoms with E-state index >= 15 is 0 Å². The molecule has 6 N–H and O–H groups in total. The lowest BCUT2D eigenvalue weighted by molar-refractivity contribution is -0.302. The minimum Gasteiger partial charge on any atom is -0.394 e. The van der Waals surface area contributed by atoms with Gasteiger partial charge in [-0.1, -0.05) is 292 Å². The van der Waals surface area contributed by atoms with Gasteiger partial charge >= 0.3 is 0 Å². The van der Waals surface area contributed by atoms with Gasteiger partial charge in [-0.2, -0.15) is 0 Å². The molecule has 0 saturated carbocycles. The smallest absolute Gasteiger partial charge is 0.220 e. The SMILES string of the molecule is CC/C=C\C/C=C\C/C=C\C/C=C\CCCCCCCCCCCCCCCCCCCCCCCCCCCCC(=O)NC(COC1OC(CO)C(O)C(O)C1O)C(O)/C=C/CC/C=C/CCCCCCCCCCC. The van der Waals surface area contributed by atoms with Crippen molar-refractivity contribution in [3.63, 3.8) is 0 Å². The molecule has 9 nitrogen and oxygen atoms in total. The molecule has 1 saturated heterocycles. The first-order chi connectivity index (χ1) is 37.8. The molecule has 7 unspecified atom stereocenters. The predicted molar refractivity (Wildman–Crippen MR) is 327 cm³/mol. The second-order valence-electron chi connectivity index (χ2n) is 22.5. The molecule has 1 fully saturated rings. The maximum absolute atomic E-state index is 13.1. The summed E-state index contributed by atoms with van der Waals surface area (Å²) >= 11 is 0. The zero-order chi connectivity index (χ0) is 55.8. The van der Waals surface area contributed by atoms with Crippen molar-refractivity contribution in [2.45, 2.75) is 339 Å². The quantitative estimate of drug-likeness (QED) is 0.0261. The van der Waals surface area contributed by atoms with E-state index in [4.69, 9.17) is 9.47 Å². The van der Waals surface area contributed by atoms with Gasteiger partial charge in [-0.05, 0) is 70.6 Å². The molecule has 9 heteroatoms. The summed E-state index contributed by atoms with van der Waals surface area (Å²) in [5, 5.41) is 54.5. The van der Waals surface area contributed by atoms with Gasteiger partial charge in [-0.25, -0.2) is 0 Å². The third-order valence-corrected chi connectivity index (χ3v) is 15.3. The fraction of sp³-hybridized carbons (Fsp3) is 0.809. The minimum atomic E-state index is -1.57. The molecule has 1 amide bonds. The Kier molecular flexibility index (Phi) is 53.7. The Balaban J connectivity index is 2.05. The Labute approximate surface area is 474 Å². The Bertz CT molecular complexity index is 1440. The highest BCUT2D eigenvalue weighted by Gasteiger charge is 2.44. The second-order valence-corrected chi connectivity index (χ2v) is 22.5. The van der Waals surface area contributed by atoms with Crippen molar-refractivity contribution in [3.05, 3.63) is 72.9 Å². The highest BCUT2D eigenvalue weighted by atomic mass is 16.7. The molecule has 0 spiro atoms. The Morgan fingerprint density at radius 3 is 1.25 bits per heavy atom. The first-order valence-corrected chi connectivity index (χ1v) is 32.7. The van der Waals surface area contributed by atoms with Crippen molar-refractivity contribution in [1.82, 2.24) is 5.32 Å². The van der Waals surface area contributed by atoms with E-state index in [1.165, 1.54) is 212 Å². The van der Waals surface area contributed by atoms with Gasteiger partial charge in [0.15, 0.2) is 6.29 Å². The molecule has 1 aliphatic heterocycles. The average molecular weight is 1080 g/mol. The van der Waals surface area contributed by atoms with Crippen LogP contribution in [0, 0.1) is 0 Å². The fourth-order valence-electron chi connectivity index (χ4n) is 10.2. The van der Waals surface area contributed by atoms with Crippen LogP contribution in [0.1, 0.15) is 296 Å². The number of rotatable bonds is 56. The monoisotopic (exact) mass is 1080 g/mol. The van der Waals surface area contributed by atoms with Crippen LogP contribution in [0.25, 0.3) is 0 Å². The molecule has 1 rings (SSSR count). The predicted octanol–water partition coefficient (Wildman–Crippen LogP) is 17.2. The number of hydrogen-bond acceptors (Lipinski definition) is 8. The number of aliphatic hydroxyl groups is 5. The zero-order valence-electron chi connectivity index (χ0n) is 50.0. The van der Waals surface area contributed by atoms with E-state index in [9.17, 15) is 30.3 Å². The topological polar surface area (TPSA) is 149 Å². The Morgan fingerprint density at radius 2 is 0.818 bits per heavy atom. The van der Waals surface area contributed by atoms with Gasteiger partial charge in [0.25, 0.3) is 0 Å². The van der Waals surface area contributed by atoms with E-state index in [2.05, 4.69) is 79.9 Å². The summed E-state index contributed by atoms with van der Waals surface area (Å²) in [5.41, 5.74) is 0. The molecular formula is C68H123NO8. The lowest BCUT2D eigenvalue weighted by Crippen LogP contribution is -2.60. The molecule has 1 aliphatic rings. The van der Waals surface area contributed by atoms with E-state index in [0.717, 1.165) is 64.2 Å². The first-order valence-electron chi connectivity index (χ1n) is 32.7. The number of aliphatic hydroxyl groups excluding tert-OH is 5. The van der Waals surface area contributed by atoms with Crippen LogP contribution in [0.3, 0.4) is 0 Å². The van der Waals surface area contributed by atoms with Crippen LogP contribution in [0.4, 0.5) is 0 Å². The molecule has 448 valence electrons. The Morgan fingerprint density at radius 1 is 0.455 bits per heavy atom. The van der Waals surface area contributed by atoms with Crippen LogP contribution in [0.2, 0.25) is 0 Å². The number of hydrogen-bond donors (Lipinski definition) is 6. The standard InChI is InChI=1S/C68H123NO8/c1-3-5-7-9-11-13-15-17-19-20-21-22-23-24-25-26-27-28-29-30-31-32-33-34-35-36-37-38-39-40-41-42-44-46-48-50-52-54-56-58-64(72)69-61(60-76-68-67(75)66(74)65(73)63(59-70)77-68)62(71)57-55-53-51-49-47-45-43-18-16-14-12-10-8-6-4-2/h5,7,11,13,17,19,21-22,47,49,55,57,61-63,65-68,70-71,73-75H,3-4,6,8-10,12,14-16,18,20,23-46,48,50-54,56,58-60H2,1-2H3,(H,69,72)/b7-5-,13-11-,19-17-,22-21-,49-47+,57-55+. The lowest BCUT2D eigenvalue weighted by atomic mass is 9.99. The number of ether oxygens (including phenoxy) is 2. The van der Waals surface area contributed by atoms with Gasteiger partial charge in [0, 0.05) is 6.42 Å². The summed E-state index contributed by atoms with van der Waals surface area (Å²) < 4.78 is 11.3. The number of nitrogens with one attached hydrogen (secondary N) is 1. The first kappa shape index (κ1) is 72.6. The summed E-state index contributed by atoms with van der Waals surface area (Å²) in [5.74, 6) is -0.183. The highest BCUT2D eigenvalue weighted by molar-refractivity contribution is 5.76. The molecule has 1 heterocycles. The van der Waals surface area contributed by atoms with E-state index in [0.29, 0.717) is 6.42 Å². The summed E-state index contributed by atoms with van der Waals surface area (Å²) in [6.45, 7) is 3.66. The van der Waals surface area contributed by atoms with Gasteiger partial charge in [-0.3, -0.25) is 4.79 Å². The van der Waals surface area contributed by atoms with Crippen LogP contribution >= 0.6 is 0 Å². The van der Waals surface area contributed by atoms with Crippen molar-refractivity contribution in [2.24, 2.45) is 0 Å². The van der Waals surface area contributed by atoms with Crippen LogP contribution in [-0.4, -0.2) is 87.5 Å². The van der Waals surface area contributed by atoms with Gasteiger partial charge < -0.3 is 40.3 Å². The van der Waals surface area contributed by atoms with E-state index in [1.54, 1.807) is 6.08 Å². The fourth-order valence-corrected chi connectivity index (χ4v) is 10.2. The molecule has 77 heavy (non-hydrogen) atoms. The van der Waals surface area contributed by atoms with Crippen LogP contribution in [0.15, 0.2) is 72.9 Å². The van der Waals surface area contributed by atoms with Crippen molar-refractivity contribution in [1.29, 1.82) is 0 Å². The molecule has 0 bridgehead atoms. The lowest BCUT2D eigenvalue weighted by Gasteiger charge is -2.40. The summed E-state index contributed by atoms with van der Waals surface area (Å²) in [4.78, 5) is 13.1. The number of allylic oxidation sites excluding steroid dienone is 11. The molecule has 0 aromatic carbocycles. The molecule has 0 radical (unpaired) electrons. The molecule has 0 aromatic rings. The highest BCUT2D eigenvalue weighted by Crippen LogP contribution is 2.23. The number of carbonyl (C=O) groups excluding carboxylic acids is 1. The van der Waals surface area contributed by atoms with Gasteiger partial charge in [-0.15, -0.1) is 0 Å². The Hall–Kier alpha value is -2.37. The van der Waals surface area contributed by atoms with Gasteiger partial charge in [0.2, 0.25) is 5.91 Å². The molecule has 7 atom stereocenters. The summed E-state index contributed by atoms with van der Waals surface area (Å²) in [6, 6.07) is -0.822. The van der Waals surface area contributed by atoms with Gasteiger partial charge in [0.1, 0.15) is 24.4 Å². The van der Waals surface area contributed by atoms with Crippen LogP contribution in [0.5, 0.6) is 0 Å². The maximum Gasteiger partial charge on any atom is 0.220 e. The van der Waals surface area contributed by atoms with E-state index in [1.807, 2.05) is 6.08 Å². The number of unbranched alkanes of at least 4 members (excludes halogenated alkanes) is 36. The number of amides is 1. The van der Waals surface area contributed by atoms with Crippen molar-refractivity contribution in [2.75, 3.05) is 13.2 Å². The maximum atomic E-state index is 13.1. The average Bonchev–Trinajstić information content (AvgIpc) is 3.43.